The number of fused-ring (bicyclic) bond motifs is 1. The number of ether oxygens (including phenoxy) is 1. The molecule has 0 spiro atoms. The minimum Gasteiger partial charge on any atom is -0.459 e. The fourth-order valence-electron chi connectivity index (χ4n) is 4.90. The molecule has 0 radical (unpaired) electrons. The number of carbonyl (C=O) groups is 2. The summed E-state index contributed by atoms with van der Waals surface area (Å²) in [6, 6.07) is 10.3. The summed E-state index contributed by atoms with van der Waals surface area (Å²) in [6.45, 7) is 8.53. The van der Waals surface area contributed by atoms with Crippen LogP contribution in [0, 0.1) is 6.92 Å². The van der Waals surface area contributed by atoms with Gasteiger partial charge in [-0.05, 0) is 64.5 Å². The number of nitrogens with one attached hydrogen (secondary N) is 1. The molecule has 3 heterocycles. The lowest BCUT2D eigenvalue weighted by Gasteiger charge is -2.14. The van der Waals surface area contributed by atoms with Gasteiger partial charge in [0.1, 0.15) is 5.00 Å². The second-order valence-electron chi connectivity index (χ2n) is 9.70. The average molecular weight is 581 g/mol. The number of carbonyl (C=O) groups excluding carboxylic acids is 2. The first kappa shape index (κ1) is 27.6. The summed E-state index contributed by atoms with van der Waals surface area (Å²) in [5.74, 6) is 0.421. The van der Waals surface area contributed by atoms with Crippen molar-refractivity contribution in [2.45, 2.75) is 71.2 Å². The Morgan fingerprint density at radius 2 is 1.92 bits per heavy atom. The highest BCUT2D eigenvalue weighted by molar-refractivity contribution is 7.99. The van der Waals surface area contributed by atoms with Gasteiger partial charge in [0.25, 0.3) is 0 Å². The lowest BCUT2D eigenvalue weighted by atomic mass is 9.95. The molecule has 1 aliphatic rings. The quantitative estimate of drug-likeness (QED) is 0.166. The summed E-state index contributed by atoms with van der Waals surface area (Å²) >= 11 is 4.55. The number of aryl methyl sites for hydroxylation is 2. The lowest BCUT2D eigenvalue weighted by molar-refractivity contribution is -0.113. The Hall–Kier alpha value is -2.95. The highest BCUT2D eigenvalue weighted by atomic mass is 32.2. The molecule has 5 rings (SSSR count). The number of benzene rings is 1. The van der Waals surface area contributed by atoms with E-state index in [0.29, 0.717) is 22.3 Å². The van der Waals surface area contributed by atoms with Crippen molar-refractivity contribution in [3.8, 4) is 22.5 Å². The fraction of sp³-hybridized carbons (Fsp3) is 0.379. The Bertz CT molecular complexity index is 1490. The Morgan fingerprint density at radius 1 is 1.15 bits per heavy atom. The molecule has 1 aliphatic carbocycles. The molecule has 10 heteroatoms. The van der Waals surface area contributed by atoms with E-state index in [1.165, 1.54) is 38.4 Å². The number of hydrogen-bond acceptors (Lipinski definition) is 8. The third-order valence-electron chi connectivity index (χ3n) is 6.61. The van der Waals surface area contributed by atoms with E-state index in [2.05, 4.69) is 51.4 Å². The summed E-state index contributed by atoms with van der Waals surface area (Å²) in [4.78, 5) is 28.4. The van der Waals surface area contributed by atoms with Crippen LogP contribution in [0.5, 0.6) is 0 Å². The largest absolute Gasteiger partial charge is 0.459 e. The van der Waals surface area contributed by atoms with Gasteiger partial charge >= 0.3 is 5.97 Å². The van der Waals surface area contributed by atoms with Crippen LogP contribution >= 0.6 is 34.4 Å². The van der Waals surface area contributed by atoms with Gasteiger partial charge in [-0.25, -0.2) is 4.79 Å². The predicted molar refractivity (Wildman–Crippen MR) is 160 cm³/mol. The first-order valence-electron chi connectivity index (χ1n) is 13.2. The van der Waals surface area contributed by atoms with E-state index < -0.39 is 0 Å². The van der Waals surface area contributed by atoms with Gasteiger partial charge in [0.2, 0.25) is 5.91 Å². The summed E-state index contributed by atoms with van der Waals surface area (Å²) in [5.41, 5.74) is 4.93. The first-order valence-corrected chi connectivity index (χ1v) is 15.9. The number of anilines is 1. The van der Waals surface area contributed by atoms with E-state index in [1.807, 2.05) is 32.0 Å². The van der Waals surface area contributed by atoms with Crippen LogP contribution in [0.2, 0.25) is 0 Å². The van der Waals surface area contributed by atoms with E-state index >= 15 is 0 Å². The zero-order valence-corrected chi connectivity index (χ0v) is 25.0. The van der Waals surface area contributed by atoms with Crippen LogP contribution in [0.1, 0.15) is 59.3 Å². The molecule has 3 aromatic heterocycles. The highest BCUT2D eigenvalue weighted by Gasteiger charge is 2.28. The molecule has 39 heavy (non-hydrogen) atoms. The Kier molecular flexibility index (Phi) is 8.54. The molecular weight excluding hydrogens is 549 g/mol. The Labute approximate surface area is 241 Å². The number of thioether (sulfide) groups is 1. The van der Waals surface area contributed by atoms with Crippen molar-refractivity contribution in [3.05, 3.63) is 56.6 Å². The van der Waals surface area contributed by atoms with Gasteiger partial charge in [-0.2, -0.15) is 0 Å². The molecule has 4 aromatic rings. The van der Waals surface area contributed by atoms with Crippen molar-refractivity contribution in [2.75, 3.05) is 11.1 Å². The second-order valence-corrected chi connectivity index (χ2v) is 12.8. The molecule has 204 valence electrons. The van der Waals surface area contributed by atoms with Gasteiger partial charge in [-0.15, -0.1) is 32.9 Å². The standard InChI is InChI=1S/C29H32N4O3S3/c1-5-33-26(21-15-37-18(4)24(21)19-11-7-6-8-12-19)31-32-29(33)38-16-23(34)30-27-25(28(35)36-17(2)3)20-13-9-10-14-22(20)39-27/h6-8,11-12,15,17H,5,9-10,13-14,16H2,1-4H3,(H,30,34). The smallest absolute Gasteiger partial charge is 0.341 e. The molecule has 0 saturated carbocycles. The normalized spacial score (nSPS) is 12.9. The topological polar surface area (TPSA) is 86.1 Å². The first-order chi connectivity index (χ1) is 18.9. The Morgan fingerprint density at radius 3 is 2.67 bits per heavy atom. The predicted octanol–water partition coefficient (Wildman–Crippen LogP) is 7.24. The third kappa shape index (κ3) is 5.83. The number of aromatic nitrogens is 3. The monoisotopic (exact) mass is 580 g/mol. The lowest BCUT2D eigenvalue weighted by Crippen LogP contribution is -2.19. The summed E-state index contributed by atoms with van der Waals surface area (Å²) in [5, 5.41) is 15.4. The van der Waals surface area contributed by atoms with Crippen molar-refractivity contribution >= 4 is 51.3 Å². The molecule has 1 amide bonds. The number of hydrogen-bond donors (Lipinski definition) is 1. The van der Waals surface area contributed by atoms with Gasteiger partial charge in [0.05, 0.1) is 17.4 Å². The summed E-state index contributed by atoms with van der Waals surface area (Å²) < 4.78 is 7.58. The van der Waals surface area contributed by atoms with E-state index in [-0.39, 0.29) is 23.7 Å². The van der Waals surface area contributed by atoms with Gasteiger partial charge in [0, 0.05) is 32.8 Å². The van der Waals surface area contributed by atoms with Crippen LogP contribution in [0.4, 0.5) is 5.00 Å². The minimum absolute atomic E-state index is 0.160. The van der Waals surface area contributed by atoms with Crippen LogP contribution in [0.25, 0.3) is 22.5 Å². The van der Waals surface area contributed by atoms with E-state index in [9.17, 15) is 9.59 Å². The number of esters is 1. The average Bonchev–Trinajstić information content (AvgIpc) is 3.61. The van der Waals surface area contributed by atoms with Crippen LogP contribution in [-0.4, -0.2) is 38.5 Å². The molecule has 0 aliphatic heterocycles. The van der Waals surface area contributed by atoms with Crippen molar-refractivity contribution < 1.29 is 14.3 Å². The van der Waals surface area contributed by atoms with E-state index in [4.69, 9.17) is 4.74 Å². The minimum atomic E-state index is -0.358. The maximum Gasteiger partial charge on any atom is 0.341 e. The van der Waals surface area contributed by atoms with E-state index in [0.717, 1.165) is 48.2 Å². The van der Waals surface area contributed by atoms with Gasteiger partial charge in [0.15, 0.2) is 11.0 Å². The maximum atomic E-state index is 13.1. The molecule has 0 saturated heterocycles. The number of nitrogens with zero attached hydrogens (tertiary/aromatic N) is 3. The third-order valence-corrected chi connectivity index (χ3v) is 9.70. The maximum absolute atomic E-state index is 13.1. The van der Waals surface area contributed by atoms with Gasteiger partial charge in [-0.1, -0.05) is 42.1 Å². The second kappa shape index (κ2) is 12.1. The zero-order chi connectivity index (χ0) is 27.5. The molecule has 1 N–H and O–H groups in total. The van der Waals surface area contributed by atoms with Crippen LogP contribution in [-0.2, 0) is 28.9 Å². The molecular formula is C29H32N4O3S3. The summed E-state index contributed by atoms with van der Waals surface area (Å²) in [6.07, 6.45) is 3.69. The number of thiophene rings is 2. The van der Waals surface area contributed by atoms with Gasteiger partial charge < -0.3 is 14.6 Å². The van der Waals surface area contributed by atoms with Crippen molar-refractivity contribution in [1.29, 1.82) is 0 Å². The molecule has 1 aromatic carbocycles. The highest BCUT2D eigenvalue weighted by Crippen LogP contribution is 2.40. The van der Waals surface area contributed by atoms with E-state index in [1.54, 1.807) is 11.3 Å². The zero-order valence-electron chi connectivity index (χ0n) is 22.6. The SMILES string of the molecule is CCn1c(SCC(=O)Nc2sc3c(c2C(=O)OC(C)C)CCCC3)nnc1-c1csc(C)c1-c1ccccc1. The van der Waals surface area contributed by atoms with Crippen LogP contribution < -0.4 is 5.32 Å². The number of rotatable bonds is 9. The molecule has 0 unspecified atom stereocenters. The van der Waals surface area contributed by atoms with Crippen molar-refractivity contribution in [1.82, 2.24) is 14.8 Å². The van der Waals surface area contributed by atoms with Crippen molar-refractivity contribution in [3.63, 3.8) is 0 Å². The molecule has 0 atom stereocenters. The summed E-state index contributed by atoms with van der Waals surface area (Å²) in [7, 11) is 0. The van der Waals surface area contributed by atoms with Crippen molar-refractivity contribution in [2.24, 2.45) is 0 Å². The van der Waals surface area contributed by atoms with Crippen LogP contribution in [0.15, 0.2) is 40.9 Å². The Balaban J connectivity index is 1.34. The number of amides is 1. The fourth-order valence-corrected chi connectivity index (χ4v) is 7.86. The molecule has 0 bridgehead atoms. The molecule has 7 nitrogen and oxygen atoms in total. The molecule has 0 fully saturated rings. The van der Waals surface area contributed by atoms with Crippen LogP contribution in [0.3, 0.4) is 0 Å². The van der Waals surface area contributed by atoms with Gasteiger partial charge in [-0.3, -0.25) is 4.79 Å².